The summed E-state index contributed by atoms with van der Waals surface area (Å²) in [5.74, 6) is 2.74. The standard InChI is InChI=1S/C13H21N3OS/c1-3-6-14-12-8-13(16-10(2)15-12)18-9-11-5-4-7-17-11/h8,11H,3-7,9H2,1-2H3,(H,14,15,16). The first-order valence-electron chi connectivity index (χ1n) is 6.62. The van der Waals surface area contributed by atoms with Gasteiger partial charge < -0.3 is 10.1 Å². The van der Waals surface area contributed by atoms with Crippen LogP contribution in [0, 0.1) is 6.92 Å². The van der Waals surface area contributed by atoms with Gasteiger partial charge in [-0.15, -0.1) is 11.8 Å². The van der Waals surface area contributed by atoms with Crippen LogP contribution in [0.15, 0.2) is 11.1 Å². The number of aryl methyl sites for hydroxylation is 1. The Labute approximate surface area is 113 Å². The molecule has 1 unspecified atom stereocenters. The molecule has 5 heteroatoms. The fraction of sp³-hybridized carbons (Fsp3) is 0.692. The van der Waals surface area contributed by atoms with E-state index >= 15 is 0 Å². The molecule has 18 heavy (non-hydrogen) atoms. The largest absolute Gasteiger partial charge is 0.377 e. The van der Waals surface area contributed by atoms with E-state index in [-0.39, 0.29) is 0 Å². The Morgan fingerprint density at radius 3 is 3.11 bits per heavy atom. The van der Waals surface area contributed by atoms with E-state index in [2.05, 4.69) is 22.2 Å². The van der Waals surface area contributed by atoms with Crippen molar-refractivity contribution in [2.24, 2.45) is 0 Å². The molecule has 0 amide bonds. The van der Waals surface area contributed by atoms with Crippen molar-refractivity contribution in [1.82, 2.24) is 9.97 Å². The third kappa shape index (κ3) is 4.14. The second-order valence-corrected chi connectivity index (χ2v) is 5.55. The van der Waals surface area contributed by atoms with Gasteiger partial charge in [-0.1, -0.05) is 6.92 Å². The van der Waals surface area contributed by atoms with Gasteiger partial charge in [-0.05, 0) is 26.2 Å². The van der Waals surface area contributed by atoms with Gasteiger partial charge in [0.15, 0.2) is 0 Å². The van der Waals surface area contributed by atoms with Crippen LogP contribution in [0.2, 0.25) is 0 Å². The Balaban J connectivity index is 1.91. The summed E-state index contributed by atoms with van der Waals surface area (Å²) in [6, 6.07) is 2.03. The Kier molecular flexibility index (Phi) is 5.26. The number of hydrogen-bond acceptors (Lipinski definition) is 5. The maximum Gasteiger partial charge on any atom is 0.130 e. The minimum atomic E-state index is 0.400. The monoisotopic (exact) mass is 267 g/mol. The summed E-state index contributed by atoms with van der Waals surface area (Å²) in [5.41, 5.74) is 0. The molecule has 1 aromatic rings. The molecule has 0 bridgehead atoms. The maximum absolute atomic E-state index is 5.62. The van der Waals surface area contributed by atoms with Crippen LogP contribution in [0.4, 0.5) is 5.82 Å². The van der Waals surface area contributed by atoms with Crippen molar-refractivity contribution in [2.75, 3.05) is 24.2 Å². The number of anilines is 1. The molecule has 1 atom stereocenters. The second-order valence-electron chi connectivity index (χ2n) is 4.51. The fourth-order valence-corrected chi connectivity index (χ4v) is 2.92. The lowest BCUT2D eigenvalue weighted by atomic mass is 10.3. The summed E-state index contributed by atoms with van der Waals surface area (Å²) in [7, 11) is 0. The van der Waals surface area contributed by atoms with Crippen molar-refractivity contribution in [3.05, 3.63) is 11.9 Å². The molecule has 0 aliphatic carbocycles. The molecule has 100 valence electrons. The summed E-state index contributed by atoms with van der Waals surface area (Å²) in [6.45, 7) is 5.95. The molecule has 1 aromatic heterocycles. The average Bonchev–Trinajstić information content (AvgIpc) is 2.86. The van der Waals surface area contributed by atoms with Gasteiger partial charge in [0, 0.05) is 25.0 Å². The van der Waals surface area contributed by atoms with Gasteiger partial charge in [0.1, 0.15) is 16.7 Å². The van der Waals surface area contributed by atoms with Crippen LogP contribution < -0.4 is 5.32 Å². The number of hydrogen-bond donors (Lipinski definition) is 1. The van der Waals surface area contributed by atoms with Crippen LogP contribution in [0.5, 0.6) is 0 Å². The summed E-state index contributed by atoms with van der Waals surface area (Å²) in [6.07, 6.45) is 3.87. The summed E-state index contributed by atoms with van der Waals surface area (Å²) in [5, 5.41) is 4.35. The molecule has 0 radical (unpaired) electrons. The molecular formula is C13H21N3OS. The van der Waals surface area contributed by atoms with Crippen molar-refractivity contribution >= 4 is 17.6 Å². The zero-order valence-electron chi connectivity index (χ0n) is 11.1. The Morgan fingerprint density at radius 2 is 2.39 bits per heavy atom. The highest BCUT2D eigenvalue weighted by molar-refractivity contribution is 7.99. The molecule has 1 fully saturated rings. The molecule has 0 saturated carbocycles. The first-order chi connectivity index (χ1) is 8.78. The van der Waals surface area contributed by atoms with E-state index in [0.717, 1.165) is 42.0 Å². The summed E-state index contributed by atoms with van der Waals surface area (Å²) >= 11 is 1.76. The van der Waals surface area contributed by atoms with Gasteiger partial charge in [0.05, 0.1) is 6.10 Å². The topological polar surface area (TPSA) is 47.0 Å². The molecule has 2 rings (SSSR count). The minimum Gasteiger partial charge on any atom is -0.377 e. The minimum absolute atomic E-state index is 0.400. The Hall–Kier alpha value is -0.810. The molecule has 1 aliphatic heterocycles. The van der Waals surface area contributed by atoms with Crippen LogP contribution in [0.3, 0.4) is 0 Å². The number of ether oxygens (including phenoxy) is 1. The summed E-state index contributed by atoms with van der Waals surface area (Å²) in [4.78, 5) is 8.84. The molecule has 1 N–H and O–H groups in total. The first-order valence-corrected chi connectivity index (χ1v) is 7.60. The van der Waals surface area contributed by atoms with Crippen molar-refractivity contribution < 1.29 is 4.74 Å². The van der Waals surface area contributed by atoms with Crippen LogP contribution in [-0.4, -0.2) is 35.0 Å². The molecule has 1 saturated heterocycles. The average molecular weight is 267 g/mol. The van der Waals surface area contributed by atoms with Gasteiger partial charge in [-0.25, -0.2) is 9.97 Å². The molecule has 2 heterocycles. The lowest BCUT2D eigenvalue weighted by Crippen LogP contribution is -2.09. The lowest BCUT2D eigenvalue weighted by Gasteiger charge is -2.10. The smallest absolute Gasteiger partial charge is 0.130 e. The number of rotatable bonds is 6. The highest BCUT2D eigenvalue weighted by Gasteiger charge is 2.16. The molecule has 0 aromatic carbocycles. The molecule has 0 spiro atoms. The first kappa shape index (κ1) is 13.6. The van der Waals surface area contributed by atoms with Crippen molar-refractivity contribution in [3.63, 3.8) is 0 Å². The fourth-order valence-electron chi connectivity index (χ4n) is 1.91. The highest BCUT2D eigenvalue weighted by atomic mass is 32.2. The van der Waals surface area contributed by atoms with Crippen molar-refractivity contribution in [3.8, 4) is 0 Å². The van der Waals surface area contributed by atoms with Gasteiger partial charge >= 0.3 is 0 Å². The third-order valence-electron chi connectivity index (χ3n) is 2.81. The zero-order chi connectivity index (χ0) is 12.8. The number of aromatic nitrogens is 2. The predicted octanol–water partition coefficient (Wildman–Crippen LogP) is 2.88. The van der Waals surface area contributed by atoms with Crippen LogP contribution in [-0.2, 0) is 4.74 Å². The lowest BCUT2D eigenvalue weighted by molar-refractivity contribution is 0.129. The van der Waals surface area contributed by atoms with E-state index in [9.17, 15) is 0 Å². The van der Waals surface area contributed by atoms with Crippen LogP contribution >= 0.6 is 11.8 Å². The van der Waals surface area contributed by atoms with Crippen molar-refractivity contribution in [2.45, 2.75) is 44.2 Å². The third-order valence-corrected chi connectivity index (χ3v) is 3.86. The van der Waals surface area contributed by atoms with Gasteiger partial charge in [0.2, 0.25) is 0 Å². The molecule has 1 aliphatic rings. The van der Waals surface area contributed by atoms with Crippen molar-refractivity contribution in [1.29, 1.82) is 0 Å². The van der Waals surface area contributed by atoms with E-state index in [1.807, 2.05) is 13.0 Å². The SMILES string of the molecule is CCCNc1cc(SCC2CCCO2)nc(C)n1. The normalized spacial score (nSPS) is 19.1. The van der Waals surface area contributed by atoms with Gasteiger partial charge in [-0.2, -0.15) is 0 Å². The summed E-state index contributed by atoms with van der Waals surface area (Å²) < 4.78 is 5.62. The predicted molar refractivity (Wildman–Crippen MR) is 75.2 cm³/mol. The van der Waals surface area contributed by atoms with E-state index in [0.29, 0.717) is 6.10 Å². The number of thioether (sulfide) groups is 1. The Morgan fingerprint density at radius 1 is 1.50 bits per heavy atom. The van der Waals surface area contributed by atoms with Gasteiger partial charge in [-0.3, -0.25) is 0 Å². The van der Waals surface area contributed by atoms with E-state index < -0.39 is 0 Å². The molecule has 4 nitrogen and oxygen atoms in total. The quantitative estimate of drug-likeness (QED) is 0.634. The van der Waals surface area contributed by atoms with Gasteiger partial charge in [0.25, 0.3) is 0 Å². The number of nitrogens with one attached hydrogen (secondary N) is 1. The van der Waals surface area contributed by atoms with E-state index in [1.54, 1.807) is 11.8 Å². The number of nitrogens with zero attached hydrogens (tertiary/aromatic N) is 2. The molecular weight excluding hydrogens is 246 g/mol. The maximum atomic E-state index is 5.62. The highest BCUT2D eigenvalue weighted by Crippen LogP contribution is 2.23. The second kappa shape index (κ2) is 6.95. The van der Waals surface area contributed by atoms with E-state index in [1.165, 1.54) is 12.8 Å². The van der Waals surface area contributed by atoms with E-state index in [4.69, 9.17) is 4.74 Å². The van der Waals surface area contributed by atoms with Crippen LogP contribution in [0.25, 0.3) is 0 Å². The Bertz CT molecular complexity index is 380. The van der Waals surface area contributed by atoms with Crippen LogP contribution in [0.1, 0.15) is 32.0 Å². The zero-order valence-corrected chi connectivity index (χ0v) is 11.9.